The first kappa shape index (κ1) is 10.1. The van der Waals surface area contributed by atoms with Gasteiger partial charge in [-0.2, -0.15) is 0 Å². The van der Waals surface area contributed by atoms with Crippen LogP contribution >= 0.6 is 0 Å². The molecule has 0 fully saturated rings. The Morgan fingerprint density at radius 3 is 2.60 bits per heavy atom. The molecule has 5 nitrogen and oxygen atoms in total. The number of rotatable bonds is 2. The van der Waals surface area contributed by atoms with Gasteiger partial charge in [-0.3, -0.25) is 0 Å². The zero-order chi connectivity index (χ0) is 10.8. The number of hydrogen-bond donors (Lipinski definition) is 1. The molecule has 0 unspecified atom stereocenters. The van der Waals surface area contributed by atoms with Crippen molar-refractivity contribution < 1.29 is 10.3 Å². The Balaban J connectivity index is 2.53. The summed E-state index contributed by atoms with van der Waals surface area (Å²) in [4.78, 5) is 0.502. The van der Waals surface area contributed by atoms with E-state index in [9.17, 15) is 10.4 Å². The second-order valence-corrected chi connectivity index (χ2v) is 3.62. The average Bonchev–Trinajstić information content (AvgIpc) is 2.73. The van der Waals surface area contributed by atoms with Crippen LogP contribution in [0.2, 0.25) is 0 Å². The third-order valence-corrected chi connectivity index (χ3v) is 2.76. The Bertz CT molecular complexity index is 415. The topological polar surface area (TPSA) is 78.1 Å². The number of nitrogens with two attached hydrogens (primary N) is 1. The summed E-state index contributed by atoms with van der Waals surface area (Å²) in [7, 11) is 1.41. The van der Waals surface area contributed by atoms with E-state index in [0.29, 0.717) is 21.7 Å². The molecule has 0 atom stereocenters. The minimum Gasteiger partial charge on any atom is -0.630 e. The molecule has 15 heavy (non-hydrogen) atoms. The minimum atomic E-state index is 0.355. The van der Waals surface area contributed by atoms with Gasteiger partial charge in [0.15, 0.2) is 0 Å². The maximum Gasteiger partial charge on any atom is 0.304 e. The molecule has 0 amide bonds. The average molecular weight is 207 g/mol. The fourth-order valence-electron chi connectivity index (χ4n) is 2.00. The van der Waals surface area contributed by atoms with Gasteiger partial charge in [0.25, 0.3) is 0 Å². The van der Waals surface area contributed by atoms with Crippen LogP contribution in [-0.4, -0.2) is 11.9 Å². The summed E-state index contributed by atoms with van der Waals surface area (Å²) >= 11 is 0. The normalized spacial score (nSPS) is 15.5. The van der Waals surface area contributed by atoms with Crippen molar-refractivity contribution in [1.82, 2.24) is 0 Å². The Morgan fingerprint density at radius 1 is 1.33 bits per heavy atom. The molecule has 0 saturated heterocycles. The Kier molecular flexibility index (Phi) is 2.66. The maximum absolute atomic E-state index is 11.4. The fraction of sp³-hybridized carbons (Fsp3) is 0.400. The lowest BCUT2D eigenvalue weighted by molar-refractivity contribution is -0.514. The molecule has 0 radical (unpaired) electrons. The highest BCUT2D eigenvalue weighted by atomic mass is 16.5. The fourth-order valence-corrected chi connectivity index (χ4v) is 2.00. The highest BCUT2D eigenvalue weighted by Gasteiger charge is 2.20. The van der Waals surface area contributed by atoms with Gasteiger partial charge >= 0.3 is 5.69 Å². The van der Waals surface area contributed by atoms with Crippen LogP contribution in [-0.2, 0) is 12.8 Å². The van der Waals surface area contributed by atoms with Crippen LogP contribution in [0.4, 0.5) is 11.4 Å². The predicted molar refractivity (Wildman–Crippen MR) is 55.1 cm³/mol. The van der Waals surface area contributed by atoms with Gasteiger partial charge in [-0.15, -0.1) is 0 Å². The van der Waals surface area contributed by atoms with Crippen LogP contribution in [0.1, 0.15) is 17.5 Å². The van der Waals surface area contributed by atoms with Crippen molar-refractivity contribution in [2.45, 2.75) is 19.3 Å². The molecule has 2 rings (SSSR count). The predicted octanol–water partition coefficient (Wildman–Crippen LogP) is 1.09. The zero-order valence-corrected chi connectivity index (χ0v) is 8.56. The number of fused-ring (bicyclic) bond motifs is 1. The first-order valence-electron chi connectivity index (χ1n) is 4.94. The third kappa shape index (κ3) is 1.71. The summed E-state index contributed by atoms with van der Waals surface area (Å²) in [5.41, 5.74) is 3.85. The van der Waals surface area contributed by atoms with E-state index in [-0.39, 0.29) is 0 Å². The molecule has 1 aliphatic carbocycles. The van der Waals surface area contributed by atoms with E-state index >= 15 is 0 Å². The minimum absolute atomic E-state index is 0.355. The first-order valence-corrected chi connectivity index (χ1v) is 4.94. The van der Waals surface area contributed by atoms with Gasteiger partial charge in [-0.05, 0) is 40.4 Å². The number of azo groups is 1. The zero-order valence-electron chi connectivity index (χ0n) is 8.56. The molecule has 0 heterocycles. The Hall–Kier alpha value is -1.46. The van der Waals surface area contributed by atoms with Gasteiger partial charge in [-0.1, -0.05) is 0 Å². The molecule has 0 saturated carbocycles. The molecule has 1 aromatic rings. The van der Waals surface area contributed by atoms with Gasteiger partial charge in [0.05, 0.1) is 7.05 Å². The van der Waals surface area contributed by atoms with Gasteiger partial charge in [0.2, 0.25) is 5.69 Å². The van der Waals surface area contributed by atoms with Crippen LogP contribution in [0.3, 0.4) is 0 Å². The molecule has 0 spiro atoms. The van der Waals surface area contributed by atoms with E-state index in [2.05, 4.69) is 5.11 Å². The SMILES string of the molecule is CN=[N+]([O-])c1cc2c(cc1[NH2+][O-])CCC2. The molecule has 1 aromatic carbocycles. The Labute approximate surface area is 87.6 Å². The summed E-state index contributed by atoms with van der Waals surface area (Å²) < 4.78 is 0. The van der Waals surface area contributed by atoms with Crippen molar-refractivity contribution in [2.75, 3.05) is 7.05 Å². The Morgan fingerprint density at radius 2 is 2.00 bits per heavy atom. The number of benzene rings is 1. The lowest BCUT2D eigenvalue weighted by Crippen LogP contribution is -2.70. The lowest BCUT2D eigenvalue weighted by atomic mass is 10.1. The van der Waals surface area contributed by atoms with Crippen LogP contribution in [0.15, 0.2) is 17.2 Å². The number of hydrogen-bond acceptors (Lipinski definition) is 3. The highest BCUT2D eigenvalue weighted by Crippen LogP contribution is 2.30. The van der Waals surface area contributed by atoms with Crippen LogP contribution in [0, 0.1) is 10.4 Å². The van der Waals surface area contributed by atoms with Crippen molar-refractivity contribution in [1.29, 1.82) is 0 Å². The molecular formula is C10H13N3O2. The molecule has 0 bridgehead atoms. The van der Waals surface area contributed by atoms with Crippen molar-refractivity contribution in [3.63, 3.8) is 0 Å². The second-order valence-electron chi connectivity index (χ2n) is 3.62. The largest absolute Gasteiger partial charge is 0.630 e. The van der Waals surface area contributed by atoms with Gasteiger partial charge in [0.1, 0.15) is 0 Å². The van der Waals surface area contributed by atoms with E-state index in [4.69, 9.17) is 0 Å². The number of aryl methyl sites for hydroxylation is 2. The monoisotopic (exact) mass is 207 g/mol. The van der Waals surface area contributed by atoms with Gasteiger partial charge in [-0.25, -0.2) is 0 Å². The molecule has 5 heteroatoms. The summed E-state index contributed by atoms with van der Waals surface area (Å²) in [6.45, 7) is 0. The van der Waals surface area contributed by atoms with Crippen LogP contribution in [0.25, 0.3) is 0 Å². The van der Waals surface area contributed by atoms with E-state index in [1.165, 1.54) is 18.2 Å². The van der Waals surface area contributed by atoms with Crippen molar-refractivity contribution >= 4 is 11.4 Å². The lowest BCUT2D eigenvalue weighted by Gasteiger charge is -2.08. The van der Waals surface area contributed by atoms with Gasteiger partial charge in [0, 0.05) is 12.1 Å². The second kappa shape index (κ2) is 3.96. The smallest absolute Gasteiger partial charge is 0.304 e. The summed E-state index contributed by atoms with van der Waals surface area (Å²) in [6, 6.07) is 3.59. The van der Waals surface area contributed by atoms with E-state index in [1.54, 1.807) is 12.1 Å². The highest BCUT2D eigenvalue weighted by molar-refractivity contribution is 5.57. The molecule has 0 aromatic heterocycles. The molecule has 80 valence electrons. The number of nitrogens with zero attached hydrogens (tertiary/aromatic N) is 2. The molecular weight excluding hydrogens is 194 g/mol. The molecule has 0 aliphatic heterocycles. The van der Waals surface area contributed by atoms with E-state index in [0.717, 1.165) is 19.3 Å². The summed E-state index contributed by atoms with van der Waals surface area (Å²) in [5.74, 6) is 0. The summed E-state index contributed by atoms with van der Waals surface area (Å²) in [6.07, 6.45) is 3.08. The van der Waals surface area contributed by atoms with Gasteiger partial charge < -0.3 is 15.9 Å². The van der Waals surface area contributed by atoms with Crippen LogP contribution < -0.4 is 5.48 Å². The third-order valence-electron chi connectivity index (χ3n) is 2.76. The molecule has 1 aliphatic rings. The van der Waals surface area contributed by atoms with Crippen molar-refractivity contribution in [3.05, 3.63) is 33.7 Å². The van der Waals surface area contributed by atoms with Crippen molar-refractivity contribution in [2.24, 2.45) is 5.11 Å². The van der Waals surface area contributed by atoms with Crippen molar-refractivity contribution in [3.8, 4) is 0 Å². The van der Waals surface area contributed by atoms with E-state index in [1.807, 2.05) is 0 Å². The molecule has 2 N–H and O–H groups in total. The quantitative estimate of drug-likeness (QED) is 0.341. The first-order chi connectivity index (χ1) is 7.26. The maximum atomic E-state index is 11.4. The van der Waals surface area contributed by atoms with E-state index < -0.39 is 0 Å². The van der Waals surface area contributed by atoms with Crippen LogP contribution in [0.5, 0.6) is 0 Å². The standard InChI is InChI=1S/C10H13N3O2/c1-11-13(15)10-6-8-4-2-3-7(8)5-9(10)12-14/h5-6H,2-4,12H2,1H3. The summed E-state index contributed by atoms with van der Waals surface area (Å²) in [5, 5.41) is 25.7. The number of quaternary nitrogens is 1.